The highest BCUT2D eigenvalue weighted by Gasteiger charge is 2.09. The van der Waals surface area contributed by atoms with Gasteiger partial charge in [-0.15, -0.1) is 0 Å². The second kappa shape index (κ2) is 10.4. The maximum atomic E-state index is 5.72. The van der Waals surface area contributed by atoms with Gasteiger partial charge in [-0.05, 0) is 46.1 Å². The van der Waals surface area contributed by atoms with Crippen molar-refractivity contribution in [2.45, 2.75) is 13.3 Å². The predicted octanol–water partition coefficient (Wildman–Crippen LogP) is 4.65. The smallest absolute Gasteiger partial charge is 0.229 e. The summed E-state index contributed by atoms with van der Waals surface area (Å²) in [6, 6.07) is 19.9. The maximum absolute atomic E-state index is 5.72. The van der Waals surface area contributed by atoms with Crippen molar-refractivity contribution >= 4 is 17.5 Å². The second-order valence-electron chi connectivity index (χ2n) is 6.97. The molecule has 1 aromatic heterocycles. The molecule has 0 aliphatic carbocycles. The predicted molar refractivity (Wildman–Crippen MR) is 120 cm³/mol. The molecule has 152 valence electrons. The number of para-hydroxylation sites is 2. The Labute approximate surface area is 173 Å². The van der Waals surface area contributed by atoms with Crippen molar-refractivity contribution in [3.8, 4) is 17.0 Å². The van der Waals surface area contributed by atoms with Gasteiger partial charge in [-0.3, -0.25) is 0 Å². The quantitative estimate of drug-likeness (QED) is 0.491. The molecule has 2 N–H and O–H groups in total. The minimum atomic E-state index is 0.536. The van der Waals surface area contributed by atoms with Gasteiger partial charge >= 0.3 is 0 Å². The summed E-state index contributed by atoms with van der Waals surface area (Å²) in [7, 11) is 4.16. The van der Waals surface area contributed by atoms with Crippen LogP contribution in [0.1, 0.15) is 13.3 Å². The van der Waals surface area contributed by atoms with Gasteiger partial charge in [0.2, 0.25) is 5.95 Å². The number of nitrogens with one attached hydrogen (secondary N) is 2. The third-order valence-corrected chi connectivity index (χ3v) is 4.32. The average molecular weight is 392 g/mol. The van der Waals surface area contributed by atoms with Crippen LogP contribution < -0.4 is 15.4 Å². The zero-order chi connectivity index (χ0) is 20.5. The summed E-state index contributed by atoms with van der Waals surface area (Å²) in [5, 5.41) is 6.75. The lowest BCUT2D eigenvalue weighted by molar-refractivity contribution is 0.342. The number of nitrogens with zero attached hydrogens (tertiary/aromatic N) is 3. The minimum absolute atomic E-state index is 0.536. The molecule has 0 saturated heterocycles. The van der Waals surface area contributed by atoms with Crippen molar-refractivity contribution in [3.63, 3.8) is 0 Å². The molecule has 0 saturated carbocycles. The minimum Gasteiger partial charge on any atom is -0.492 e. The average Bonchev–Trinajstić information content (AvgIpc) is 2.73. The van der Waals surface area contributed by atoms with E-state index in [1.54, 1.807) is 0 Å². The summed E-state index contributed by atoms with van der Waals surface area (Å²) >= 11 is 0. The molecular weight excluding hydrogens is 362 g/mol. The highest BCUT2D eigenvalue weighted by Crippen LogP contribution is 2.28. The third-order valence-electron chi connectivity index (χ3n) is 4.32. The molecule has 2 aromatic carbocycles. The van der Waals surface area contributed by atoms with E-state index in [0.29, 0.717) is 12.6 Å². The van der Waals surface area contributed by atoms with Crippen LogP contribution in [0.3, 0.4) is 0 Å². The van der Waals surface area contributed by atoms with Crippen molar-refractivity contribution in [3.05, 3.63) is 60.7 Å². The van der Waals surface area contributed by atoms with Crippen LogP contribution in [0, 0.1) is 0 Å². The van der Waals surface area contributed by atoms with E-state index in [2.05, 4.69) is 46.7 Å². The molecule has 0 aliphatic rings. The van der Waals surface area contributed by atoms with Gasteiger partial charge in [0.05, 0.1) is 18.0 Å². The molecular formula is C23H29N5O. The maximum Gasteiger partial charge on any atom is 0.229 e. The molecule has 0 fully saturated rings. The lowest BCUT2D eigenvalue weighted by atomic mass is 10.1. The van der Waals surface area contributed by atoms with E-state index < -0.39 is 0 Å². The summed E-state index contributed by atoms with van der Waals surface area (Å²) in [5.74, 6) is 2.12. The number of rotatable bonds is 10. The lowest BCUT2D eigenvalue weighted by Crippen LogP contribution is -2.17. The van der Waals surface area contributed by atoms with E-state index in [0.717, 1.165) is 48.0 Å². The Kier molecular flexibility index (Phi) is 7.41. The molecule has 0 amide bonds. The van der Waals surface area contributed by atoms with E-state index >= 15 is 0 Å². The van der Waals surface area contributed by atoms with Gasteiger partial charge in [0.15, 0.2) is 0 Å². The second-order valence-corrected chi connectivity index (χ2v) is 6.97. The highest BCUT2D eigenvalue weighted by molar-refractivity contribution is 5.68. The van der Waals surface area contributed by atoms with E-state index in [1.165, 1.54) is 0 Å². The Balaban J connectivity index is 1.86. The Hall–Kier alpha value is -3.12. The summed E-state index contributed by atoms with van der Waals surface area (Å²) in [6.45, 7) is 4.44. The molecule has 29 heavy (non-hydrogen) atoms. The first-order valence-corrected chi connectivity index (χ1v) is 9.97. The van der Waals surface area contributed by atoms with Crippen molar-refractivity contribution < 1.29 is 4.74 Å². The van der Waals surface area contributed by atoms with Crippen molar-refractivity contribution in [2.75, 3.05) is 44.4 Å². The summed E-state index contributed by atoms with van der Waals surface area (Å²) in [5.41, 5.74) is 2.76. The first-order chi connectivity index (χ1) is 14.2. The van der Waals surface area contributed by atoms with Crippen LogP contribution in [0.15, 0.2) is 60.7 Å². The Morgan fingerprint density at radius 1 is 0.966 bits per heavy atom. The van der Waals surface area contributed by atoms with Crippen LogP contribution in [-0.2, 0) is 0 Å². The monoisotopic (exact) mass is 391 g/mol. The molecule has 0 bridgehead atoms. The molecule has 6 heteroatoms. The molecule has 0 spiro atoms. The summed E-state index contributed by atoms with van der Waals surface area (Å²) in [6.07, 6.45) is 1.04. The van der Waals surface area contributed by atoms with Gasteiger partial charge in [-0.25, -0.2) is 4.98 Å². The van der Waals surface area contributed by atoms with Gasteiger partial charge in [-0.1, -0.05) is 42.5 Å². The number of ether oxygens (including phenoxy) is 1. The third kappa shape index (κ3) is 6.19. The largest absolute Gasteiger partial charge is 0.492 e. The SMILES string of the molecule is CCOc1ccccc1Nc1nc(NCCCN(C)C)cc(-c2ccccc2)n1. The Morgan fingerprint density at radius 2 is 1.72 bits per heavy atom. The molecule has 0 radical (unpaired) electrons. The fourth-order valence-electron chi connectivity index (χ4n) is 2.93. The fourth-order valence-corrected chi connectivity index (χ4v) is 2.93. The van der Waals surface area contributed by atoms with E-state index in [9.17, 15) is 0 Å². The first kappa shape index (κ1) is 20.6. The van der Waals surface area contributed by atoms with E-state index in [1.807, 2.05) is 55.5 Å². The van der Waals surface area contributed by atoms with Gasteiger partial charge < -0.3 is 20.3 Å². The zero-order valence-electron chi connectivity index (χ0n) is 17.4. The van der Waals surface area contributed by atoms with Crippen LogP contribution in [0.4, 0.5) is 17.5 Å². The number of benzene rings is 2. The fraction of sp³-hybridized carbons (Fsp3) is 0.304. The van der Waals surface area contributed by atoms with E-state index in [-0.39, 0.29) is 0 Å². The number of hydrogen-bond donors (Lipinski definition) is 2. The molecule has 1 heterocycles. The van der Waals surface area contributed by atoms with Crippen LogP contribution in [0.25, 0.3) is 11.3 Å². The molecule has 3 rings (SSSR count). The van der Waals surface area contributed by atoms with E-state index in [4.69, 9.17) is 9.72 Å². The Bertz CT molecular complexity index is 899. The molecule has 3 aromatic rings. The van der Waals surface area contributed by atoms with Crippen molar-refractivity contribution in [1.29, 1.82) is 0 Å². The topological polar surface area (TPSA) is 62.3 Å². The highest BCUT2D eigenvalue weighted by atomic mass is 16.5. The lowest BCUT2D eigenvalue weighted by Gasteiger charge is -2.14. The summed E-state index contributed by atoms with van der Waals surface area (Å²) < 4.78 is 5.72. The summed E-state index contributed by atoms with van der Waals surface area (Å²) in [4.78, 5) is 11.6. The number of hydrogen-bond acceptors (Lipinski definition) is 6. The Morgan fingerprint density at radius 3 is 2.48 bits per heavy atom. The molecule has 0 aliphatic heterocycles. The van der Waals surface area contributed by atoms with Crippen molar-refractivity contribution in [1.82, 2.24) is 14.9 Å². The van der Waals surface area contributed by atoms with Crippen LogP contribution in [-0.4, -0.2) is 48.7 Å². The normalized spacial score (nSPS) is 10.8. The van der Waals surface area contributed by atoms with Gasteiger partial charge in [0, 0.05) is 18.2 Å². The van der Waals surface area contributed by atoms with Crippen LogP contribution >= 0.6 is 0 Å². The zero-order valence-corrected chi connectivity index (χ0v) is 17.4. The van der Waals surface area contributed by atoms with Crippen LogP contribution in [0.2, 0.25) is 0 Å². The molecule has 0 atom stereocenters. The van der Waals surface area contributed by atoms with Gasteiger partial charge in [0.1, 0.15) is 11.6 Å². The van der Waals surface area contributed by atoms with Crippen LogP contribution in [0.5, 0.6) is 5.75 Å². The number of aromatic nitrogens is 2. The standard InChI is InChI=1S/C23H29N5O/c1-4-29-21-14-9-8-13-19(21)25-23-26-20(18-11-6-5-7-12-18)17-22(27-23)24-15-10-16-28(2)3/h5-9,11-14,17H,4,10,15-16H2,1-3H3,(H2,24,25,26,27). The van der Waals surface area contributed by atoms with Gasteiger partial charge in [-0.2, -0.15) is 4.98 Å². The number of anilines is 3. The molecule has 6 nitrogen and oxygen atoms in total. The first-order valence-electron chi connectivity index (χ1n) is 9.97. The molecule has 0 unspecified atom stereocenters. The van der Waals surface area contributed by atoms with Crippen molar-refractivity contribution in [2.24, 2.45) is 0 Å². The van der Waals surface area contributed by atoms with Gasteiger partial charge in [0.25, 0.3) is 0 Å².